The van der Waals surface area contributed by atoms with Crippen molar-refractivity contribution in [1.82, 2.24) is 3.46 Å². The topological polar surface area (TPSA) is 7.12 Å². The van der Waals surface area contributed by atoms with Gasteiger partial charge in [0.1, 0.15) is 6.54 Å². The molecule has 0 atom stereocenters. The van der Waals surface area contributed by atoms with Crippen molar-refractivity contribution in [2.45, 2.75) is 77.7 Å². The summed E-state index contributed by atoms with van der Waals surface area (Å²) in [6.45, 7) is 3.46. The van der Waals surface area contributed by atoms with Crippen molar-refractivity contribution in [3.05, 3.63) is 30.6 Å². The van der Waals surface area contributed by atoms with Gasteiger partial charge in [-0.2, -0.15) is 0 Å². The molecule has 1 heterocycles. The second-order valence-corrected chi connectivity index (χ2v) is 7.02. The van der Waals surface area contributed by atoms with Crippen LogP contribution in [0.1, 0.15) is 71.1 Å². The lowest BCUT2D eigenvalue weighted by molar-refractivity contribution is -0.697. The number of rotatable bonds is 11. The summed E-state index contributed by atoms with van der Waals surface area (Å²) in [6, 6.07) is 6.29. The van der Waals surface area contributed by atoms with E-state index in [4.69, 9.17) is 0 Å². The molecule has 0 saturated heterocycles. The first-order chi connectivity index (χ1) is 10.7. The average Bonchev–Trinajstić information content (AvgIpc) is 2.50. The minimum absolute atomic E-state index is 0.417. The molecule has 5 heteroatoms. The van der Waals surface area contributed by atoms with Crippen molar-refractivity contribution in [2.24, 2.45) is 0 Å². The maximum absolute atomic E-state index is 4.64. The molecule has 0 aliphatic rings. The van der Waals surface area contributed by atoms with Crippen molar-refractivity contribution in [2.75, 3.05) is 0 Å². The molecule has 0 bridgehead atoms. The van der Waals surface area contributed by atoms with Gasteiger partial charge in [0.15, 0.2) is 12.4 Å². The molecule has 0 N–H and O–H groups in total. The third-order valence-electron chi connectivity index (χ3n) is 3.55. The molecular weight excluding hydrogens is 339 g/mol. The summed E-state index contributed by atoms with van der Waals surface area (Å²) in [6.07, 6.45) is 18.5. The summed E-state index contributed by atoms with van der Waals surface area (Å²) in [7, 11) is 0. The predicted molar refractivity (Wildman–Crippen MR) is 97.9 cm³/mol. The molecule has 0 aromatic carbocycles. The van der Waals surface area contributed by atoms with Crippen molar-refractivity contribution < 1.29 is 4.57 Å². The van der Waals surface area contributed by atoms with E-state index in [-0.39, 0.29) is 0 Å². The van der Waals surface area contributed by atoms with E-state index in [0.717, 1.165) is 0 Å². The molecule has 0 saturated carbocycles. The molecule has 1 aromatic rings. The van der Waals surface area contributed by atoms with E-state index in [1.54, 1.807) is 0 Å². The van der Waals surface area contributed by atoms with Crippen LogP contribution in [0.4, 0.5) is 0 Å². The van der Waals surface area contributed by atoms with Gasteiger partial charge in [0.2, 0.25) is 0 Å². The standard InChI is InChI=1S/C17H30N.Cl3N/c1-2-3-4-5-6-7-8-9-10-12-15-18-16-13-11-14-17-18;1-4(2)3/h11,13-14,16-17H,2-10,12,15H2,1H3;/q+1;. The van der Waals surface area contributed by atoms with Crippen LogP contribution in [-0.2, 0) is 6.54 Å². The van der Waals surface area contributed by atoms with E-state index >= 15 is 0 Å². The zero-order chi connectivity index (χ0) is 16.5. The second kappa shape index (κ2) is 17.3. The molecule has 2 nitrogen and oxygen atoms in total. The number of halogens is 3. The van der Waals surface area contributed by atoms with E-state index in [0.29, 0.717) is 3.46 Å². The van der Waals surface area contributed by atoms with Gasteiger partial charge in [-0.15, -0.1) is 0 Å². The zero-order valence-electron chi connectivity index (χ0n) is 13.7. The largest absolute Gasteiger partial charge is 0.205 e. The summed E-state index contributed by atoms with van der Waals surface area (Å²) in [5, 5.41) is 0. The summed E-state index contributed by atoms with van der Waals surface area (Å²) in [5.41, 5.74) is 0. The molecule has 128 valence electrons. The van der Waals surface area contributed by atoms with Crippen molar-refractivity contribution in [3.63, 3.8) is 0 Å². The van der Waals surface area contributed by atoms with Gasteiger partial charge >= 0.3 is 0 Å². The zero-order valence-corrected chi connectivity index (χ0v) is 16.0. The number of unbranched alkanes of at least 4 members (excludes halogenated alkanes) is 9. The molecule has 0 aliphatic carbocycles. The number of aryl methyl sites for hydroxylation is 1. The minimum Gasteiger partial charge on any atom is -0.205 e. The number of aromatic nitrogens is 1. The molecule has 1 aromatic heterocycles. The summed E-state index contributed by atoms with van der Waals surface area (Å²) >= 11 is 13.9. The van der Waals surface area contributed by atoms with E-state index in [1.165, 1.54) is 70.8 Å². The molecule has 0 fully saturated rings. The summed E-state index contributed by atoms with van der Waals surface area (Å²) < 4.78 is 2.70. The third-order valence-corrected chi connectivity index (χ3v) is 3.55. The van der Waals surface area contributed by atoms with Crippen LogP contribution in [0.3, 0.4) is 0 Å². The fourth-order valence-electron chi connectivity index (χ4n) is 2.37. The van der Waals surface area contributed by atoms with Crippen molar-refractivity contribution in [3.8, 4) is 0 Å². The van der Waals surface area contributed by atoms with Crippen molar-refractivity contribution >= 4 is 35.3 Å². The maximum atomic E-state index is 4.64. The number of hydrogen-bond acceptors (Lipinski definition) is 1. The van der Waals surface area contributed by atoms with Crippen LogP contribution in [-0.4, -0.2) is 3.46 Å². The molecule has 22 heavy (non-hydrogen) atoms. The van der Waals surface area contributed by atoms with Crippen molar-refractivity contribution in [1.29, 1.82) is 0 Å². The van der Waals surface area contributed by atoms with Gasteiger partial charge < -0.3 is 0 Å². The van der Waals surface area contributed by atoms with E-state index in [1.807, 2.05) is 0 Å². The van der Waals surface area contributed by atoms with Crippen LogP contribution < -0.4 is 4.57 Å². The van der Waals surface area contributed by atoms with Crippen LogP contribution in [0, 0.1) is 0 Å². The lowest BCUT2D eigenvalue weighted by atomic mass is 10.1. The van der Waals surface area contributed by atoms with E-state index in [2.05, 4.69) is 77.4 Å². The quantitative estimate of drug-likeness (QED) is 0.241. The maximum Gasteiger partial charge on any atom is 0.168 e. The Labute approximate surface area is 151 Å². The second-order valence-electron chi connectivity index (χ2n) is 5.49. The molecular formula is C17H30Cl3N2+. The first kappa shape index (κ1) is 22.0. The van der Waals surface area contributed by atoms with E-state index < -0.39 is 0 Å². The Kier molecular flexibility index (Phi) is 17.3. The first-order valence-corrected chi connectivity index (χ1v) is 9.39. The van der Waals surface area contributed by atoms with Gasteiger partial charge in [0, 0.05) is 53.9 Å². The monoisotopic (exact) mass is 367 g/mol. The third kappa shape index (κ3) is 18.0. The minimum atomic E-state index is 0.417. The Bertz CT molecular complexity index is 318. The number of hydrogen-bond donors (Lipinski definition) is 0. The van der Waals surface area contributed by atoms with Gasteiger partial charge in [-0.1, -0.05) is 64.4 Å². The molecule has 0 unspecified atom stereocenters. The van der Waals surface area contributed by atoms with Gasteiger partial charge in [-0.05, 0) is 9.88 Å². The Morgan fingerprint density at radius 3 is 1.55 bits per heavy atom. The molecule has 1 rings (SSSR count). The summed E-state index contributed by atoms with van der Waals surface area (Å²) in [4.78, 5) is 0. The first-order valence-electron chi connectivity index (χ1n) is 8.38. The van der Waals surface area contributed by atoms with Crippen LogP contribution in [0.15, 0.2) is 30.6 Å². The lowest BCUT2D eigenvalue weighted by Crippen LogP contribution is -2.32. The highest BCUT2D eigenvalue weighted by Gasteiger charge is 1.97. The fourth-order valence-corrected chi connectivity index (χ4v) is 2.37. The fraction of sp³-hybridized carbons (Fsp3) is 0.706. The highest BCUT2D eigenvalue weighted by molar-refractivity contribution is 6.50. The smallest absolute Gasteiger partial charge is 0.168 e. The molecule has 0 radical (unpaired) electrons. The lowest BCUT2D eigenvalue weighted by Gasteiger charge is -2.01. The molecule has 0 aliphatic heterocycles. The Hall–Kier alpha value is -0.0200. The Balaban J connectivity index is 0.000000980. The normalized spacial score (nSPS) is 10.4. The summed E-state index contributed by atoms with van der Waals surface area (Å²) in [5.74, 6) is 0. The van der Waals surface area contributed by atoms with Crippen LogP contribution in [0.25, 0.3) is 0 Å². The van der Waals surface area contributed by atoms with Gasteiger partial charge in [0.25, 0.3) is 0 Å². The van der Waals surface area contributed by atoms with E-state index in [9.17, 15) is 0 Å². The SMILES string of the molecule is CCCCCCCCCCCC[n+]1ccccc1.ClN(Cl)Cl. The van der Waals surface area contributed by atoms with Crippen LogP contribution >= 0.6 is 35.3 Å². The van der Waals surface area contributed by atoms with Crippen LogP contribution in [0.2, 0.25) is 0 Å². The van der Waals surface area contributed by atoms with Gasteiger partial charge in [-0.25, -0.2) is 4.57 Å². The Morgan fingerprint density at radius 1 is 0.682 bits per heavy atom. The van der Waals surface area contributed by atoms with Gasteiger partial charge in [0.05, 0.1) is 0 Å². The highest BCUT2D eigenvalue weighted by Crippen LogP contribution is 2.10. The molecule has 0 amide bonds. The Morgan fingerprint density at radius 2 is 1.09 bits per heavy atom. The predicted octanol–water partition coefficient (Wildman–Crippen LogP) is 6.64. The highest BCUT2D eigenvalue weighted by atomic mass is 35.6. The van der Waals surface area contributed by atoms with Gasteiger partial charge in [-0.3, -0.25) is 0 Å². The number of nitrogens with zero attached hydrogens (tertiary/aromatic N) is 2. The molecule has 0 spiro atoms. The van der Waals surface area contributed by atoms with Crippen LogP contribution in [0.5, 0.6) is 0 Å². The average molecular weight is 369 g/mol. The number of pyridine rings is 1.